The van der Waals surface area contributed by atoms with Gasteiger partial charge >= 0.3 is 0 Å². The van der Waals surface area contributed by atoms with Crippen LogP contribution < -0.4 is 4.74 Å². The number of para-hydroxylation sites is 1. The summed E-state index contributed by atoms with van der Waals surface area (Å²) in [4.78, 5) is 4.09. The molecule has 0 aliphatic heterocycles. The van der Waals surface area contributed by atoms with Crippen LogP contribution in [-0.4, -0.2) is 14.8 Å². The molecule has 2 heterocycles. The Kier molecular flexibility index (Phi) is 5.64. The second kappa shape index (κ2) is 9.04. The lowest BCUT2D eigenvalue weighted by molar-refractivity contribution is 0.441. The van der Waals surface area contributed by atoms with Gasteiger partial charge in [-0.1, -0.05) is 24.3 Å². The third-order valence-corrected chi connectivity index (χ3v) is 5.18. The fourth-order valence-electron chi connectivity index (χ4n) is 3.59. The molecule has 0 radical (unpaired) electrons. The first-order valence-electron chi connectivity index (χ1n) is 10.4. The van der Waals surface area contributed by atoms with Gasteiger partial charge < -0.3 is 4.74 Å². The zero-order valence-corrected chi connectivity index (χ0v) is 17.5. The molecule has 3 aromatic carbocycles. The number of hydrogen-bond donors (Lipinski definition) is 0. The number of halogens is 2. The summed E-state index contributed by atoms with van der Waals surface area (Å²) in [7, 11) is 0. The second-order valence-electron chi connectivity index (χ2n) is 7.51. The highest BCUT2D eigenvalue weighted by atomic mass is 19.1. The average molecular weight is 439 g/mol. The van der Waals surface area contributed by atoms with Gasteiger partial charge in [0.2, 0.25) is 0 Å². The molecule has 0 saturated heterocycles. The van der Waals surface area contributed by atoms with Crippen molar-refractivity contribution in [3.8, 4) is 33.9 Å². The highest BCUT2D eigenvalue weighted by Gasteiger charge is 2.14. The van der Waals surface area contributed by atoms with Crippen LogP contribution in [0.25, 0.3) is 22.4 Å². The van der Waals surface area contributed by atoms with Crippen LogP contribution in [0.2, 0.25) is 0 Å². The van der Waals surface area contributed by atoms with Gasteiger partial charge in [0.15, 0.2) is 11.6 Å². The zero-order chi connectivity index (χ0) is 22.6. The Bertz CT molecular complexity index is 1370. The van der Waals surface area contributed by atoms with E-state index in [0.29, 0.717) is 12.3 Å². The lowest BCUT2D eigenvalue weighted by Crippen LogP contribution is -2.01. The van der Waals surface area contributed by atoms with E-state index in [1.807, 2.05) is 36.5 Å². The van der Waals surface area contributed by atoms with E-state index >= 15 is 0 Å². The molecule has 0 fully saturated rings. The van der Waals surface area contributed by atoms with E-state index in [-0.39, 0.29) is 11.6 Å². The van der Waals surface area contributed by atoms with E-state index in [4.69, 9.17) is 9.84 Å². The molecule has 0 aliphatic rings. The van der Waals surface area contributed by atoms with Gasteiger partial charge in [0.05, 0.1) is 6.54 Å². The van der Waals surface area contributed by atoms with Crippen molar-refractivity contribution in [2.75, 3.05) is 0 Å². The monoisotopic (exact) mass is 439 g/mol. The summed E-state index contributed by atoms with van der Waals surface area (Å²) in [5.41, 5.74) is 4.20. The molecule has 2 aromatic heterocycles. The maximum absolute atomic E-state index is 14.4. The lowest BCUT2D eigenvalue weighted by atomic mass is 10.0. The van der Waals surface area contributed by atoms with Crippen LogP contribution in [-0.2, 0) is 6.54 Å². The highest BCUT2D eigenvalue weighted by molar-refractivity contribution is 5.80. The van der Waals surface area contributed by atoms with Gasteiger partial charge in [-0.05, 0) is 71.8 Å². The summed E-state index contributed by atoms with van der Waals surface area (Å²) in [5, 5.41) is 4.76. The summed E-state index contributed by atoms with van der Waals surface area (Å²) < 4.78 is 35.3. The van der Waals surface area contributed by atoms with Gasteiger partial charge in [-0.2, -0.15) is 5.10 Å². The molecule has 0 N–H and O–H groups in total. The van der Waals surface area contributed by atoms with Gasteiger partial charge in [-0.15, -0.1) is 0 Å². The van der Waals surface area contributed by atoms with Crippen molar-refractivity contribution >= 4 is 0 Å². The third-order valence-electron chi connectivity index (χ3n) is 5.18. The summed E-state index contributed by atoms with van der Waals surface area (Å²) in [6, 6.07) is 23.9. The number of pyridine rings is 1. The van der Waals surface area contributed by atoms with Crippen LogP contribution >= 0.6 is 0 Å². The molecule has 0 atom stereocenters. The van der Waals surface area contributed by atoms with Crippen LogP contribution in [0.3, 0.4) is 0 Å². The van der Waals surface area contributed by atoms with Gasteiger partial charge in [0.1, 0.15) is 17.3 Å². The summed E-state index contributed by atoms with van der Waals surface area (Å²) >= 11 is 0. The Morgan fingerprint density at radius 2 is 1.55 bits per heavy atom. The molecule has 6 heteroatoms. The summed E-state index contributed by atoms with van der Waals surface area (Å²) in [5.74, 6) is -0.0291. The molecule has 5 rings (SSSR count). The Balaban J connectivity index is 1.49. The van der Waals surface area contributed by atoms with E-state index in [1.54, 1.807) is 53.5 Å². The number of nitrogens with zero attached hydrogens (tertiary/aromatic N) is 3. The Morgan fingerprint density at radius 1 is 0.788 bits per heavy atom. The molecule has 5 aromatic rings. The van der Waals surface area contributed by atoms with Gasteiger partial charge in [-0.3, -0.25) is 9.67 Å². The molecule has 0 aliphatic carbocycles. The van der Waals surface area contributed by atoms with Crippen molar-refractivity contribution in [2.45, 2.75) is 6.54 Å². The van der Waals surface area contributed by atoms with E-state index in [1.165, 1.54) is 18.2 Å². The van der Waals surface area contributed by atoms with Gasteiger partial charge in [0.25, 0.3) is 0 Å². The normalized spacial score (nSPS) is 10.8. The predicted molar refractivity (Wildman–Crippen MR) is 123 cm³/mol. The number of ether oxygens (including phenoxy) is 1. The van der Waals surface area contributed by atoms with Crippen molar-refractivity contribution < 1.29 is 13.5 Å². The fraction of sp³-hybridized carbons (Fsp3) is 0.0370. The SMILES string of the molecule is Fc1ccc(-c2nn(Cc3ccc(F)c(Oc4ccccc4)c3)cc2-c2ccncc2)cc1. The van der Waals surface area contributed by atoms with E-state index in [0.717, 1.165) is 27.9 Å². The first-order valence-corrected chi connectivity index (χ1v) is 10.4. The highest BCUT2D eigenvalue weighted by Crippen LogP contribution is 2.32. The van der Waals surface area contributed by atoms with Crippen LogP contribution in [0.1, 0.15) is 5.56 Å². The molecule has 0 bridgehead atoms. The summed E-state index contributed by atoms with van der Waals surface area (Å²) in [6.07, 6.45) is 5.36. The van der Waals surface area contributed by atoms with E-state index < -0.39 is 5.82 Å². The average Bonchev–Trinajstić information content (AvgIpc) is 3.27. The largest absolute Gasteiger partial charge is 0.454 e. The quantitative estimate of drug-likeness (QED) is 0.294. The van der Waals surface area contributed by atoms with E-state index in [9.17, 15) is 8.78 Å². The van der Waals surface area contributed by atoms with Gasteiger partial charge in [-0.25, -0.2) is 8.78 Å². The van der Waals surface area contributed by atoms with Crippen LogP contribution in [0.5, 0.6) is 11.5 Å². The molecule has 162 valence electrons. The first-order chi connectivity index (χ1) is 16.2. The third kappa shape index (κ3) is 4.65. The molecule has 0 saturated carbocycles. The minimum atomic E-state index is -0.437. The number of benzene rings is 3. The topological polar surface area (TPSA) is 39.9 Å². The first kappa shape index (κ1) is 20.6. The maximum atomic E-state index is 14.4. The van der Waals surface area contributed by atoms with Crippen molar-refractivity contribution in [3.05, 3.63) is 121 Å². The van der Waals surface area contributed by atoms with Crippen molar-refractivity contribution in [3.63, 3.8) is 0 Å². The second-order valence-corrected chi connectivity index (χ2v) is 7.51. The zero-order valence-electron chi connectivity index (χ0n) is 17.5. The van der Waals surface area contributed by atoms with E-state index in [2.05, 4.69) is 4.98 Å². The molecular formula is C27H19F2N3O. The predicted octanol–water partition coefficient (Wildman–Crippen LogP) is 6.73. The fourth-order valence-corrected chi connectivity index (χ4v) is 3.59. The molecule has 0 unspecified atom stereocenters. The smallest absolute Gasteiger partial charge is 0.165 e. The Morgan fingerprint density at radius 3 is 2.30 bits per heavy atom. The molecule has 33 heavy (non-hydrogen) atoms. The van der Waals surface area contributed by atoms with Crippen molar-refractivity contribution in [1.82, 2.24) is 14.8 Å². The number of aromatic nitrogens is 3. The molecule has 0 spiro atoms. The molecular weight excluding hydrogens is 420 g/mol. The minimum absolute atomic E-state index is 0.152. The van der Waals surface area contributed by atoms with Crippen molar-refractivity contribution in [1.29, 1.82) is 0 Å². The number of rotatable bonds is 6. The van der Waals surface area contributed by atoms with Crippen LogP contribution in [0.15, 0.2) is 104 Å². The standard InChI is InChI=1S/C27H19F2N3O/c28-22-9-7-21(8-10-22)27-24(20-12-14-30-15-13-20)18-32(31-27)17-19-6-11-25(29)26(16-19)33-23-4-2-1-3-5-23/h1-16,18H,17H2. The lowest BCUT2D eigenvalue weighted by Gasteiger charge is -2.09. The minimum Gasteiger partial charge on any atom is -0.454 e. The van der Waals surface area contributed by atoms with Crippen LogP contribution in [0, 0.1) is 11.6 Å². The van der Waals surface area contributed by atoms with Gasteiger partial charge in [0, 0.05) is 29.7 Å². The molecule has 0 amide bonds. The number of hydrogen-bond acceptors (Lipinski definition) is 3. The Labute approximate surface area is 189 Å². The van der Waals surface area contributed by atoms with Crippen LogP contribution in [0.4, 0.5) is 8.78 Å². The molecule has 4 nitrogen and oxygen atoms in total. The van der Waals surface area contributed by atoms with Crippen molar-refractivity contribution in [2.24, 2.45) is 0 Å². The summed E-state index contributed by atoms with van der Waals surface area (Å²) in [6.45, 7) is 0.407. The Hall–Kier alpha value is -4.32. The maximum Gasteiger partial charge on any atom is 0.165 e.